The molecule has 19 heavy (non-hydrogen) atoms. The van der Waals surface area contributed by atoms with E-state index in [0.717, 1.165) is 28.5 Å². The summed E-state index contributed by atoms with van der Waals surface area (Å²) in [4.78, 5) is 14.5. The maximum Gasteiger partial charge on any atom is 0.254 e. The van der Waals surface area contributed by atoms with Crippen LogP contribution in [0.4, 0.5) is 0 Å². The third kappa shape index (κ3) is 3.48. The number of nitrogens with zero attached hydrogens (tertiary/aromatic N) is 1. The van der Waals surface area contributed by atoms with Gasteiger partial charge < -0.3 is 10.6 Å². The third-order valence-corrected chi connectivity index (χ3v) is 4.75. The summed E-state index contributed by atoms with van der Waals surface area (Å²) < 4.78 is 1.15. The molecule has 1 aromatic rings. The van der Waals surface area contributed by atoms with Crippen LogP contribution >= 0.6 is 22.6 Å². The predicted octanol–water partition coefficient (Wildman–Crippen LogP) is 2.88. The van der Waals surface area contributed by atoms with Gasteiger partial charge in [0.25, 0.3) is 5.91 Å². The summed E-state index contributed by atoms with van der Waals surface area (Å²) in [6, 6.07) is 7.96. The largest absolute Gasteiger partial charge is 0.334 e. The first-order valence-corrected chi connectivity index (χ1v) is 8.00. The number of rotatable bonds is 3. The van der Waals surface area contributed by atoms with Gasteiger partial charge in [0.2, 0.25) is 0 Å². The van der Waals surface area contributed by atoms with Crippen molar-refractivity contribution in [3.05, 3.63) is 33.4 Å². The molecule has 1 fully saturated rings. The SMILES string of the molecule is CCC1CCN(C(=O)c2ccc(I)cc2)C(CN)C1. The third-order valence-electron chi connectivity index (χ3n) is 4.03. The summed E-state index contributed by atoms with van der Waals surface area (Å²) >= 11 is 2.25. The fourth-order valence-electron chi connectivity index (χ4n) is 2.75. The average Bonchev–Trinajstić information content (AvgIpc) is 2.46. The summed E-state index contributed by atoms with van der Waals surface area (Å²) in [6.07, 6.45) is 3.33. The van der Waals surface area contributed by atoms with Crippen molar-refractivity contribution in [2.24, 2.45) is 11.7 Å². The molecule has 0 aliphatic carbocycles. The smallest absolute Gasteiger partial charge is 0.254 e. The Bertz CT molecular complexity index is 432. The second-order valence-corrected chi connectivity index (χ2v) is 6.44. The molecular weight excluding hydrogens is 351 g/mol. The van der Waals surface area contributed by atoms with Crippen LogP contribution in [0.1, 0.15) is 36.5 Å². The second-order valence-electron chi connectivity index (χ2n) is 5.19. The molecule has 4 heteroatoms. The maximum atomic E-state index is 12.5. The van der Waals surface area contributed by atoms with Crippen LogP contribution in [0.5, 0.6) is 0 Å². The van der Waals surface area contributed by atoms with Gasteiger partial charge in [0.15, 0.2) is 0 Å². The summed E-state index contributed by atoms with van der Waals surface area (Å²) in [5, 5.41) is 0. The van der Waals surface area contributed by atoms with Gasteiger partial charge in [-0.05, 0) is 65.6 Å². The Morgan fingerprint density at radius 3 is 2.68 bits per heavy atom. The highest BCUT2D eigenvalue weighted by Gasteiger charge is 2.30. The van der Waals surface area contributed by atoms with E-state index in [0.29, 0.717) is 12.5 Å². The number of hydrogen-bond acceptors (Lipinski definition) is 2. The van der Waals surface area contributed by atoms with E-state index >= 15 is 0 Å². The average molecular weight is 372 g/mol. The van der Waals surface area contributed by atoms with Gasteiger partial charge in [0.1, 0.15) is 0 Å². The molecule has 0 spiro atoms. The van der Waals surface area contributed by atoms with E-state index in [-0.39, 0.29) is 11.9 Å². The summed E-state index contributed by atoms with van der Waals surface area (Å²) in [5.41, 5.74) is 6.63. The predicted molar refractivity (Wildman–Crippen MR) is 86.1 cm³/mol. The van der Waals surface area contributed by atoms with Crippen LogP contribution in [-0.2, 0) is 0 Å². The summed E-state index contributed by atoms with van der Waals surface area (Å²) in [6.45, 7) is 3.62. The first kappa shape index (κ1) is 14.8. The van der Waals surface area contributed by atoms with Gasteiger partial charge in [-0.1, -0.05) is 13.3 Å². The second kappa shape index (κ2) is 6.70. The van der Waals surface area contributed by atoms with E-state index in [1.807, 2.05) is 29.2 Å². The van der Waals surface area contributed by atoms with Gasteiger partial charge in [-0.3, -0.25) is 4.79 Å². The molecule has 1 saturated heterocycles. The highest BCUT2D eigenvalue weighted by molar-refractivity contribution is 14.1. The molecule has 0 saturated carbocycles. The topological polar surface area (TPSA) is 46.3 Å². The number of amides is 1. The number of likely N-dealkylation sites (tertiary alicyclic amines) is 1. The standard InChI is InChI=1S/C15H21IN2O/c1-2-11-7-8-18(14(9-11)10-17)15(19)12-3-5-13(16)6-4-12/h3-6,11,14H,2,7-10,17H2,1H3. The lowest BCUT2D eigenvalue weighted by atomic mass is 9.88. The van der Waals surface area contributed by atoms with Gasteiger partial charge >= 0.3 is 0 Å². The van der Waals surface area contributed by atoms with Gasteiger partial charge in [-0.25, -0.2) is 0 Å². The molecule has 2 atom stereocenters. The van der Waals surface area contributed by atoms with Crippen LogP contribution in [0.2, 0.25) is 0 Å². The first-order chi connectivity index (χ1) is 9.15. The molecule has 0 radical (unpaired) electrons. The number of carbonyl (C=O) groups excluding carboxylic acids is 1. The lowest BCUT2D eigenvalue weighted by Gasteiger charge is -2.39. The van der Waals surface area contributed by atoms with Gasteiger partial charge in [0.05, 0.1) is 0 Å². The van der Waals surface area contributed by atoms with Crippen molar-refractivity contribution in [2.75, 3.05) is 13.1 Å². The van der Waals surface area contributed by atoms with Crippen LogP contribution < -0.4 is 5.73 Å². The van der Waals surface area contributed by atoms with E-state index in [1.165, 1.54) is 6.42 Å². The zero-order valence-corrected chi connectivity index (χ0v) is 13.5. The Balaban J connectivity index is 2.11. The van der Waals surface area contributed by atoms with E-state index in [9.17, 15) is 4.79 Å². The van der Waals surface area contributed by atoms with E-state index in [1.54, 1.807) is 0 Å². The Morgan fingerprint density at radius 2 is 2.11 bits per heavy atom. The molecular formula is C15H21IN2O. The zero-order chi connectivity index (χ0) is 13.8. The van der Waals surface area contributed by atoms with Crippen molar-refractivity contribution >= 4 is 28.5 Å². The van der Waals surface area contributed by atoms with E-state index in [4.69, 9.17) is 5.73 Å². The molecule has 0 aromatic heterocycles. The lowest BCUT2D eigenvalue weighted by molar-refractivity contribution is 0.0558. The number of hydrogen-bond donors (Lipinski definition) is 1. The summed E-state index contributed by atoms with van der Waals surface area (Å²) in [5.74, 6) is 0.843. The first-order valence-electron chi connectivity index (χ1n) is 6.92. The minimum absolute atomic E-state index is 0.126. The minimum Gasteiger partial charge on any atom is -0.334 e. The normalized spacial score (nSPS) is 23.4. The van der Waals surface area contributed by atoms with Crippen LogP contribution in [0.25, 0.3) is 0 Å². The highest BCUT2D eigenvalue weighted by atomic mass is 127. The Hall–Kier alpha value is -0.620. The zero-order valence-electron chi connectivity index (χ0n) is 11.3. The molecule has 2 N–H and O–H groups in total. The molecule has 1 amide bonds. The number of carbonyl (C=O) groups is 1. The number of benzene rings is 1. The van der Waals surface area contributed by atoms with Crippen molar-refractivity contribution in [3.63, 3.8) is 0 Å². The monoisotopic (exact) mass is 372 g/mol. The molecule has 1 aliphatic rings. The van der Waals surface area contributed by atoms with Crippen LogP contribution in [0, 0.1) is 9.49 Å². The Labute approximate surface area is 128 Å². The highest BCUT2D eigenvalue weighted by Crippen LogP contribution is 2.26. The molecule has 1 aliphatic heterocycles. The van der Waals surface area contributed by atoms with Crippen molar-refractivity contribution in [2.45, 2.75) is 32.2 Å². The van der Waals surface area contributed by atoms with Gasteiger partial charge in [0, 0.05) is 28.3 Å². The van der Waals surface area contributed by atoms with Crippen LogP contribution in [0.3, 0.4) is 0 Å². The van der Waals surface area contributed by atoms with Crippen molar-refractivity contribution in [1.29, 1.82) is 0 Å². The van der Waals surface area contributed by atoms with Crippen molar-refractivity contribution in [3.8, 4) is 0 Å². The lowest BCUT2D eigenvalue weighted by Crippen LogP contribution is -2.49. The molecule has 104 valence electrons. The summed E-state index contributed by atoms with van der Waals surface area (Å²) in [7, 11) is 0. The fourth-order valence-corrected chi connectivity index (χ4v) is 3.11. The van der Waals surface area contributed by atoms with Gasteiger partial charge in [-0.15, -0.1) is 0 Å². The number of piperidine rings is 1. The molecule has 3 nitrogen and oxygen atoms in total. The molecule has 0 bridgehead atoms. The maximum absolute atomic E-state index is 12.5. The molecule has 2 unspecified atom stereocenters. The fraction of sp³-hybridized carbons (Fsp3) is 0.533. The van der Waals surface area contributed by atoms with Gasteiger partial charge in [-0.2, -0.15) is 0 Å². The molecule has 1 aromatic carbocycles. The molecule has 2 rings (SSSR count). The quantitative estimate of drug-likeness (QED) is 0.830. The number of nitrogens with two attached hydrogens (primary N) is 1. The Kier molecular flexibility index (Phi) is 5.21. The van der Waals surface area contributed by atoms with Crippen LogP contribution in [0.15, 0.2) is 24.3 Å². The van der Waals surface area contributed by atoms with E-state index in [2.05, 4.69) is 29.5 Å². The van der Waals surface area contributed by atoms with Crippen molar-refractivity contribution < 1.29 is 4.79 Å². The minimum atomic E-state index is 0.126. The Morgan fingerprint density at radius 1 is 1.42 bits per heavy atom. The molecule has 1 heterocycles. The van der Waals surface area contributed by atoms with E-state index < -0.39 is 0 Å². The van der Waals surface area contributed by atoms with Crippen LogP contribution in [-0.4, -0.2) is 29.9 Å². The number of halogens is 1. The van der Waals surface area contributed by atoms with Crippen molar-refractivity contribution in [1.82, 2.24) is 4.90 Å².